The van der Waals surface area contributed by atoms with Gasteiger partial charge in [-0.15, -0.1) is 10.2 Å². The number of hydrogen-bond acceptors (Lipinski definition) is 2. The molecular weight excluding hydrogens is 150 g/mol. The van der Waals surface area contributed by atoms with Crippen molar-refractivity contribution in [1.82, 2.24) is 14.8 Å². The summed E-state index contributed by atoms with van der Waals surface area (Å²) < 4.78 is 1.98. The first kappa shape index (κ1) is 6.16. The number of aromatic nitrogens is 3. The number of rotatable bonds is 0. The molecule has 54 valence electrons. The lowest BCUT2D eigenvalue weighted by atomic mass is 10.2. The Morgan fingerprint density at radius 2 is 2.20 bits per heavy atom. The standard InChI is InChI=1S/C6H8ClN3/c7-6-9-8-5-3-1-2-4-10(5)6/h1-4H2. The van der Waals surface area contributed by atoms with Crippen LogP contribution in [0.1, 0.15) is 18.7 Å². The predicted molar refractivity (Wildman–Crippen MR) is 38.0 cm³/mol. The highest BCUT2D eigenvalue weighted by Gasteiger charge is 2.13. The normalized spacial score (nSPS) is 16.9. The van der Waals surface area contributed by atoms with E-state index in [1.165, 1.54) is 12.8 Å². The molecular formula is C6H8ClN3. The lowest BCUT2D eigenvalue weighted by Crippen LogP contribution is -2.10. The molecule has 1 aromatic heterocycles. The fourth-order valence-corrected chi connectivity index (χ4v) is 1.49. The average molecular weight is 158 g/mol. The summed E-state index contributed by atoms with van der Waals surface area (Å²) in [6.07, 6.45) is 3.44. The Bertz CT molecular complexity index is 243. The SMILES string of the molecule is Clc1nnc2n1CCCC2. The van der Waals surface area contributed by atoms with Crippen molar-refractivity contribution in [3.05, 3.63) is 11.1 Å². The van der Waals surface area contributed by atoms with Gasteiger partial charge in [0.15, 0.2) is 0 Å². The molecule has 10 heavy (non-hydrogen) atoms. The molecule has 0 bridgehead atoms. The summed E-state index contributed by atoms with van der Waals surface area (Å²) >= 11 is 5.75. The van der Waals surface area contributed by atoms with Crippen LogP contribution in [0.15, 0.2) is 0 Å². The molecule has 0 fully saturated rings. The maximum atomic E-state index is 5.75. The van der Waals surface area contributed by atoms with E-state index in [2.05, 4.69) is 10.2 Å². The molecule has 0 amide bonds. The second-order valence-corrected chi connectivity index (χ2v) is 2.83. The van der Waals surface area contributed by atoms with Crippen molar-refractivity contribution in [2.75, 3.05) is 0 Å². The van der Waals surface area contributed by atoms with E-state index in [-0.39, 0.29) is 0 Å². The Morgan fingerprint density at radius 1 is 1.30 bits per heavy atom. The smallest absolute Gasteiger partial charge is 0.225 e. The molecule has 0 saturated carbocycles. The van der Waals surface area contributed by atoms with Crippen LogP contribution in [0, 0.1) is 0 Å². The number of nitrogens with zero attached hydrogens (tertiary/aromatic N) is 3. The van der Waals surface area contributed by atoms with Gasteiger partial charge in [-0.1, -0.05) is 0 Å². The minimum absolute atomic E-state index is 0.537. The Labute approximate surface area is 64.0 Å². The van der Waals surface area contributed by atoms with Crippen molar-refractivity contribution in [3.8, 4) is 0 Å². The summed E-state index contributed by atoms with van der Waals surface area (Å²) in [6.45, 7) is 0.987. The lowest BCUT2D eigenvalue weighted by molar-refractivity contribution is 0.523. The van der Waals surface area contributed by atoms with E-state index >= 15 is 0 Å². The molecule has 2 heterocycles. The van der Waals surface area contributed by atoms with Crippen LogP contribution in [0.2, 0.25) is 5.28 Å². The molecule has 0 aliphatic carbocycles. The number of aryl methyl sites for hydroxylation is 1. The summed E-state index contributed by atoms with van der Waals surface area (Å²) in [7, 11) is 0. The minimum Gasteiger partial charge on any atom is -0.302 e. The van der Waals surface area contributed by atoms with Gasteiger partial charge in [0.25, 0.3) is 0 Å². The van der Waals surface area contributed by atoms with Gasteiger partial charge in [0.2, 0.25) is 5.28 Å². The third-order valence-corrected chi connectivity index (χ3v) is 2.09. The van der Waals surface area contributed by atoms with Crippen LogP contribution in [0.4, 0.5) is 0 Å². The third-order valence-electron chi connectivity index (χ3n) is 1.81. The summed E-state index contributed by atoms with van der Waals surface area (Å²) in [5.74, 6) is 1.04. The highest BCUT2D eigenvalue weighted by Crippen LogP contribution is 2.16. The summed E-state index contributed by atoms with van der Waals surface area (Å²) in [6, 6.07) is 0. The molecule has 1 aliphatic rings. The van der Waals surface area contributed by atoms with E-state index in [9.17, 15) is 0 Å². The average Bonchev–Trinajstić information content (AvgIpc) is 2.34. The third kappa shape index (κ3) is 0.814. The van der Waals surface area contributed by atoms with Crippen LogP contribution in [0.5, 0.6) is 0 Å². The molecule has 4 heteroatoms. The van der Waals surface area contributed by atoms with Gasteiger partial charge in [0.05, 0.1) is 0 Å². The molecule has 0 N–H and O–H groups in total. The molecule has 0 unspecified atom stereocenters. The van der Waals surface area contributed by atoms with Crippen LogP contribution in [0.3, 0.4) is 0 Å². The lowest BCUT2D eigenvalue weighted by Gasteiger charge is -2.11. The zero-order chi connectivity index (χ0) is 6.97. The summed E-state index contributed by atoms with van der Waals surface area (Å²) in [4.78, 5) is 0. The monoisotopic (exact) mass is 157 g/mol. The van der Waals surface area contributed by atoms with E-state index in [1.54, 1.807) is 0 Å². The van der Waals surface area contributed by atoms with Crippen LogP contribution < -0.4 is 0 Å². The molecule has 0 radical (unpaired) electrons. The largest absolute Gasteiger partial charge is 0.302 e. The zero-order valence-electron chi connectivity index (χ0n) is 5.55. The Balaban J connectivity index is 2.45. The van der Waals surface area contributed by atoms with Gasteiger partial charge in [0.1, 0.15) is 5.82 Å². The number of halogens is 1. The van der Waals surface area contributed by atoms with Gasteiger partial charge in [-0.25, -0.2) is 0 Å². The first-order valence-electron chi connectivity index (χ1n) is 3.45. The van der Waals surface area contributed by atoms with Crippen LogP contribution in [0.25, 0.3) is 0 Å². The molecule has 0 aromatic carbocycles. The Morgan fingerprint density at radius 3 is 3.00 bits per heavy atom. The maximum Gasteiger partial charge on any atom is 0.225 e. The first-order valence-corrected chi connectivity index (χ1v) is 3.83. The maximum absolute atomic E-state index is 5.75. The van der Waals surface area contributed by atoms with Crippen molar-refractivity contribution in [1.29, 1.82) is 0 Å². The van der Waals surface area contributed by atoms with Gasteiger partial charge < -0.3 is 4.57 Å². The van der Waals surface area contributed by atoms with E-state index < -0.39 is 0 Å². The highest BCUT2D eigenvalue weighted by molar-refractivity contribution is 6.28. The fraction of sp³-hybridized carbons (Fsp3) is 0.667. The fourth-order valence-electron chi connectivity index (χ4n) is 1.27. The van der Waals surface area contributed by atoms with Crippen LogP contribution in [-0.2, 0) is 13.0 Å². The molecule has 1 aromatic rings. The van der Waals surface area contributed by atoms with Crippen molar-refractivity contribution in [3.63, 3.8) is 0 Å². The quantitative estimate of drug-likeness (QED) is 0.568. The molecule has 0 atom stereocenters. The van der Waals surface area contributed by atoms with Crippen molar-refractivity contribution in [2.24, 2.45) is 0 Å². The van der Waals surface area contributed by atoms with Crippen molar-refractivity contribution in [2.45, 2.75) is 25.8 Å². The molecule has 1 aliphatic heterocycles. The van der Waals surface area contributed by atoms with Gasteiger partial charge in [-0.2, -0.15) is 0 Å². The van der Waals surface area contributed by atoms with Gasteiger partial charge >= 0.3 is 0 Å². The van der Waals surface area contributed by atoms with Gasteiger partial charge in [0, 0.05) is 13.0 Å². The Hall–Kier alpha value is -0.570. The second-order valence-electron chi connectivity index (χ2n) is 2.49. The van der Waals surface area contributed by atoms with E-state index in [4.69, 9.17) is 11.6 Å². The number of hydrogen-bond donors (Lipinski definition) is 0. The van der Waals surface area contributed by atoms with E-state index in [0.717, 1.165) is 18.8 Å². The molecule has 0 spiro atoms. The summed E-state index contributed by atoms with van der Waals surface area (Å²) in [5.41, 5.74) is 0. The minimum atomic E-state index is 0.537. The van der Waals surface area contributed by atoms with Crippen molar-refractivity contribution >= 4 is 11.6 Å². The highest BCUT2D eigenvalue weighted by atomic mass is 35.5. The molecule has 2 rings (SSSR count). The molecule has 0 saturated heterocycles. The first-order chi connectivity index (χ1) is 4.88. The second kappa shape index (κ2) is 2.23. The predicted octanol–water partition coefficient (Wildman–Crippen LogP) is 1.27. The van der Waals surface area contributed by atoms with E-state index in [1.807, 2.05) is 4.57 Å². The topological polar surface area (TPSA) is 30.7 Å². The van der Waals surface area contributed by atoms with Gasteiger partial charge in [-0.05, 0) is 24.4 Å². The summed E-state index contributed by atoms with van der Waals surface area (Å²) in [5, 5.41) is 8.25. The molecule has 3 nitrogen and oxygen atoms in total. The Kier molecular flexibility index (Phi) is 1.38. The van der Waals surface area contributed by atoms with Crippen molar-refractivity contribution < 1.29 is 0 Å². The van der Waals surface area contributed by atoms with E-state index in [0.29, 0.717) is 5.28 Å². The van der Waals surface area contributed by atoms with Crippen LogP contribution in [-0.4, -0.2) is 14.8 Å². The number of fused-ring (bicyclic) bond motifs is 1. The van der Waals surface area contributed by atoms with Crippen LogP contribution >= 0.6 is 11.6 Å². The van der Waals surface area contributed by atoms with Gasteiger partial charge in [-0.3, -0.25) is 0 Å². The zero-order valence-corrected chi connectivity index (χ0v) is 6.30.